The molecule has 0 saturated heterocycles. The minimum absolute atomic E-state index is 0.264. The Morgan fingerprint density at radius 3 is 2.42 bits per heavy atom. The van der Waals surface area contributed by atoms with Crippen LogP contribution in [0.15, 0.2) is 35.5 Å². The highest BCUT2D eigenvalue weighted by Gasteiger charge is 2.44. The lowest BCUT2D eigenvalue weighted by Crippen LogP contribution is -2.39. The van der Waals surface area contributed by atoms with Gasteiger partial charge in [0.15, 0.2) is 0 Å². The van der Waals surface area contributed by atoms with Crippen LogP contribution in [0.25, 0.3) is 0 Å². The van der Waals surface area contributed by atoms with Gasteiger partial charge in [0.25, 0.3) is 0 Å². The minimum Gasteiger partial charge on any atom is -0.464 e. The predicted molar refractivity (Wildman–Crippen MR) is 103 cm³/mol. The van der Waals surface area contributed by atoms with Gasteiger partial charge >= 0.3 is 5.97 Å². The summed E-state index contributed by atoms with van der Waals surface area (Å²) in [5.74, 6) is 0.143. The lowest BCUT2D eigenvalue weighted by atomic mass is 9.86. The zero-order chi connectivity index (χ0) is 19.3. The molecule has 0 aromatic heterocycles. The number of allylic oxidation sites excluding steroid dienone is 1. The molecule has 1 aliphatic heterocycles. The molecule has 1 aromatic rings. The smallest absolute Gasteiger partial charge is 0.329 e. The average Bonchev–Trinajstić information content (AvgIpc) is 2.92. The molecule has 0 N–H and O–H groups in total. The molecule has 0 radical (unpaired) electrons. The maximum Gasteiger partial charge on any atom is 0.329 e. The Morgan fingerprint density at radius 2 is 1.92 bits per heavy atom. The fraction of sp³-hybridized carbons (Fsp3) is 0.545. The molecule has 4 nitrogen and oxygen atoms in total. The molecule has 0 saturated carbocycles. The Kier molecular flexibility index (Phi) is 6.85. The minimum atomic E-state index is -0.471. The Morgan fingerprint density at radius 1 is 1.27 bits per heavy atom. The number of nitrogens with zero attached hydrogens (tertiary/aromatic N) is 2. The molecule has 0 bridgehead atoms. The molecule has 1 aromatic carbocycles. The summed E-state index contributed by atoms with van der Waals surface area (Å²) < 4.78 is 5.31. The Labute approximate surface area is 157 Å². The number of likely N-dealkylation sites (N-methyl/N-ethyl adjacent to an activating group) is 1. The van der Waals surface area contributed by atoms with E-state index in [1.165, 1.54) is 5.56 Å². The standard InChI is InChI=1S/C22H30N2O2/c1-6-19-18(14-23)20(21(24(19)5)22(25)26-7-2)17-12-10-16(11-13-17)9-8-15(3)4/h10-13,15,20-21H,6-9H2,1-5H3. The van der Waals surface area contributed by atoms with Crippen LogP contribution in [-0.4, -0.2) is 30.6 Å². The van der Waals surface area contributed by atoms with E-state index >= 15 is 0 Å². The van der Waals surface area contributed by atoms with Crippen molar-refractivity contribution in [2.75, 3.05) is 13.7 Å². The van der Waals surface area contributed by atoms with E-state index in [-0.39, 0.29) is 11.9 Å². The monoisotopic (exact) mass is 354 g/mol. The maximum atomic E-state index is 12.6. The number of carbonyl (C=O) groups excluding carboxylic acids is 1. The van der Waals surface area contributed by atoms with Crippen molar-refractivity contribution in [3.63, 3.8) is 0 Å². The second-order valence-electron chi connectivity index (χ2n) is 7.29. The van der Waals surface area contributed by atoms with Gasteiger partial charge in [-0.05, 0) is 43.2 Å². The number of hydrogen-bond donors (Lipinski definition) is 0. The van der Waals surface area contributed by atoms with Crippen molar-refractivity contribution >= 4 is 5.97 Å². The zero-order valence-corrected chi connectivity index (χ0v) is 16.6. The fourth-order valence-electron chi connectivity index (χ4n) is 3.71. The van der Waals surface area contributed by atoms with Crippen molar-refractivity contribution in [1.82, 2.24) is 4.90 Å². The Balaban J connectivity index is 2.36. The van der Waals surface area contributed by atoms with Crippen LogP contribution in [0, 0.1) is 17.2 Å². The molecule has 2 unspecified atom stereocenters. The largest absolute Gasteiger partial charge is 0.464 e. The van der Waals surface area contributed by atoms with Crippen LogP contribution in [0.1, 0.15) is 57.6 Å². The second kappa shape index (κ2) is 8.89. The van der Waals surface area contributed by atoms with Crippen molar-refractivity contribution < 1.29 is 9.53 Å². The molecule has 4 heteroatoms. The van der Waals surface area contributed by atoms with Crippen LogP contribution in [0.4, 0.5) is 0 Å². The normalized spacial score (nSPS) is 19.8. The maximum absolute atomic E-state index is 12.6. The van der Waals surface area contributed by atoms with Gasteiger partial charge in [-0.25, -0.2) is 4.79 Å². The molecule has 1 heterocycles. The summed E-state index contributed by atoms with van der Waals surface area (Å²) in [5.41, 5.74) is 3.91. The lowest BCUT2D eigenvalue weighted by molar-refractivity contribution is -0.148. The van der Waals surface area contributed by atoms with Crippen LogP contribution in [0.3, 0.4) is 0 Å². The first kappa shape index (κ1) is 20.0. The molecule has 140 valence electrons. The van der Waals surface area contributed by atoms with Gasteiger partial charge in [0, 0.05) is 12.7 Å². The topological polar surface area (TPSA) is 53.3 Å². The zero-order valence-electron chi connectivity index (χ0n) is 16.6. The number of hydrogen-bond acceptors (Lipinski definition) is 4. The van der Waals surface area contributed by atoms with E-state index in [1.54, 1.807) is 0 Å². The predicted octanol–water partition coefficient (Wildman–Crippen LogP) is 4.42. The summed E-state index contributed by atoms with van der Waals surface area (Å²) >= 11 is 0. The number of esters is 1. The summed E-state index contributed by atoms with van der Waals surface area (Å²) in [5, 5.41) is 9.76. The molecule has 0 spiro atoms. The van der Waals surface area contributed by atoms with Gasteiger partial charge in [0.2, 0.25) is 0 Å². The fourth-order valence-corrected chi connectivity index (χ4v) is 3.71. The van der Waals surface area contributed by atoms with E-state index in [0.717, 1.165) is 30.5 Å². The lowest BCUT2D eigenvalue weighted by Gasteiger charge is -2.27. The van der Waals surface area contributed by atoms with Crippen molar-refractivity contribution in [2.45, 2.75) is 58.9 Å². The molecule has 0 fully saturated rings. The third-order valence-corrected chi connectivity index (χ3v) is 5.11. The van der Waals surface area contributed by atoms with Crippen LogP contribution < -0.4 is 0 Å². The molecule has 0 aliphatic carbocycles. The Hall–Kier alpha value is -2.28. The third-order valence-electron chi connectivity index (χ3n) is 5.11. The number of nitriles is 1. The number of ether oxygens (including phenoxy) is 1. The van der Waals surface area contributed by atoms with Crippen molar-refractivity contribution in [1.29, 1.82) is 5.26 Å². The van der Waals surface area contributed by atoms with Crippen molar-refractivity contribution in [3.05, 3.63) is 46.7 Å². The summed E-state index contributed by atoms with van der Waals surface area (Å²) in [4.78, 5) is 14.5. The molecule has 0 amide bonds. The van der Waals surface area contributed by atoms with Gasteiger partial charge < -0.3 is 9.64 Å². The number of rotatable bonds is 7. The van der Waals surface area contributed by atoms with E-state index in [4.69, 9.17) is 4.74 Å². The van der Waals surface area contributed by atoms with Crippen LogP contribution in [0.2, 0.25) is 0 Å². The number of aryl methyl sites for hydroxylation is 1. The molecule has 26 heavy (non-hydrogen) atoms. The van der Waals surface area contributed by atoms with Crippen molar-refractivity contribution in [3.8, 4) is 6.07 Å². The molecular weight excluding hydrogens is 324 g/mol. The molecule has 2 rings (SSSR count). The van der Waals surface area contributed by atoms with Gasteiger partial charge in [-0.15, -0.1) is 0 Å². The average molecular weight is 354 g/mol. The van der Waals surface area contributed by atoms with Crippen LogP contribution in [-0.2, 0) is 16.0 Å². The highest BCUT2D eigenvalue weighted by atomic mass is 16.5. The van der Waals surface area contributed by atoms with E-state index in [1.807, 2.05) is 25.8 Å². The SMILES string of the molecule is CCOC(=O)C1C(c2ccc(CCC(C)C)cc2)C(C#N)=C(CC)N1C. The molecular formula is C22H30N2O2. The van der Waals surface area contributed by atoms with Gasteiger partial charge in [0.05, 0.1) is 24.2 Å². The molecule has 1 aliphatic rings. The van der Waals surface area contributed by atoms with E-state index < -0.39 is 6.04 Å². The highest BCUT2D eigenvalue weighted by Crippen LogP contribution is 2.41. The van der Waals surface area contributed by atoms with Gasteiger partial charge in [-0.2, -0.15) is 5.26 Å². The summed E-state index contributed by atoms with van der Waals surface area (Å²) in [6.45, 7) is 8.62. The number of carbonyl (C=O) groups is 1. The first-order valence-electron chi connectivity index (χ1n) is 9.55. The van der Waals surface area contributed by atoms with E-state index in [9.17, 15) is 10.1 Å². The summed E-state index contributed by atoms with van der Waals surface area (Å²) in [7, 11) is 1.88. The Bertz CT molecular complexity index is 698. The van der Waals surface area contributed by atoms with E-state index in [2.05, 4.69) is 44.2 Å². The van der Waals surface area contributed by atoms with Gasteiger partial charge in [-0.3, -0.25) is 0 Å². The summed E-state index contributed by atoms with van der Waals surface area (Å²) in [6.07, 6.45) is 2.92. The summed E-state index contributed by atoms with van der Waals surface area (Å²) in [6, 6.07) is 10.3. The van der Waals surface area contributed by atoms with Gasteiger partial charge in [0.1, 0.15) is 6.04 Å². The van der Waals surface area contributed by atoms with Crippen LogP contribution >= 0.6 is 0 Å². The quantitative estimate of drug-likeness (QED) is 0.680. The van der Waals surface area contributed by atoms with Gasteiger partial charge in [-0.1, -0.05) is 45.0 Å². The molecule has 2 atom stereocenters. The number of benzene rings is 1. The second-order valence-corrected chi connectivity index (χ2v) is 7.29. The first-order chi connectivity index (χ1) is 12.4. The third kappa shape index (κ3) is 4.09. The van der Waals surface area contributed by atoms with Crippen LogP contribution in [0.5, 0.6) is 0 Å². The van der Waals surface area contributed by atoms with E-state index in [0.29, 0.717) is 18.1 Å². The van der Waals surface area contributed by atoms with Crippen molar-refractivity contribution in [2.24, 2.45) is 5.92 Å². The first-order valence-corrected chi connectivity index (χ1v) is 9.55. The highest BCUT2D eigenvalue weighted by molar-refractivity contribution is 5.80.